The molecule has 1 aliphatic rings. The van der Waals surface area contributed by atoms with Crippen LogP contribution in [-0.4, -0.2) is 68.1 Å². The Hall–Kier alpha value is -2.61. The largest absolute Gasteiger partial charge is 0.386 e. The lowest BCUT2D eigenvalue weighted by Gasteiger charge is -2.40. The van der Waals surface area contributed by atoms with Crippen LogP contribution in [0.2, 0.25) is 0 Å². The lowest BCUT2D eigenvalue weighted by Crippen LogP contribution is -2.55. The Bertz CT molecular complexity index is 683. The van der Waals surface area contributed by atoms with E-state index in [1.807, 2.05) is 4.90 Å². The van der Waals surface area contributed by atoms with Gasteiger partial charge in [0.25, 0.3) is 5.91 Å². The van der Waals surface area contributed by atoms with Crippen molar-refractivity contribution in [2.75, 3.05) is 31.6 Å². The Balaban J connectivity index is 1.68. The van der Waals surface area contributed by atoms with E-state index in [0.29, 0.717) is 18.9 Å². The maximum absolute atomic E-state index is 12.4. The summed E-state index contributed by atoms with van der Waals surface area (Å²) >= 11 is 0. The number of carbonyl (C=O) groups excluding carboxylic acids is 1. The second kappa shape index (κ2) is 6.88. The van der Waals surface area contributed by atoms with Gasteiger partial charge in [-0.1, -0.05) is 0 Å². The fraction of sp³-hybridized carbons (Fsp3) is 0.438. The number of aliphatic hydroxyl groups is 1. The molecule has 8 heteroatoms. The molecule has 0 spiro atoms. The fourth-order valence-corrected chi connectivity index (χ4v) is 2.96. The van der Waals surface area contributed by atoms with Gasteiger partial charge in [0.1, 0.15) is 0 Å². The van der Waals surface area contributed by atoms with Crippen molar-refractivity contribution in [2.45, 2.75) is 18.4 Å². The first kappa shape index (κ1) is 16.3. The van der Waals surface area contributed by atoms with Crippen LogP contribution in [0, 0.1) is 0 Å². The molecule has 2 aromatic rings. The smallest absolute Gasteiger partial charge is 0.291 e. The molecule has 24 heavy (non-hydrogen) atoms. The quantitative estimate of drug-likeness (QED) is 0.866. The van der Waals surface area contributed by atoms with Crippen molar-refractivity contribution in [2.24, 2.45) is 0 Å². The van der Waals surface area contributed by atoms with Gasteiger partial charge in [-0.25, -0.2) is 19.9 Å². The molecule has 1 saturated heterocycles. The monoisotopic (exact) mass is 328 g/mol. The standard InChI is InChI=1S/C16H20N6O2/c1-21(14(23)13-17-6-3-7-18-13)11-16(24)5-2-10-22(12-16)15-19-8-4-9-20-15/h3-4,6-9,24H,2,5,10-12H2,1H3/t16-/m1/s1. The van der Waals surface area contributed by atoms with Crippen LogP contribution in [-0.2, 0) is 0 Å². The van der Waals surface area contributed by atoms with Gasteiger partial charge in [0.05, 0.1) is 18.7 Å². The summed E-state index contributed by atoms with van der Waals surface area (Å²) < 4.78 is 0. The fourth-order valence-electron chi connectivity index (χ4n) is 2.96. The van der Waals surface area contributed by atoms with Crippen LogP contribution in [0.3, 0.4) is 0 Å². The number of β-amino-alcohol motifs (C(OH)–C–C–N with tert-alkyl or cyclic N) is 1. The Kier molecular flexibility index (Phi) is 4.66. The molecule has 1 atom stereocenters. The molecule has 0 saturated carbocycles. The van der Waals surface area contributed by atoms with Crippen LogP contribution in [0.1, 0.15) is 23.5 Å². The minimum atomic E-state index is -1.02. The minimum absolute atomic E-state index is 0.127. The summed E-state index contributed by atoms with van der Waals surface area (Å²) in [6, 6.07) is 3.41. The number of amides is 1. The second-order valence-electron chi connectivity index (χ2n) is 6.03. The Morgan fingerprint density at radius 1 is 1.21 bits per heavy atom. The molecule has 1 N–H and O–H groups in total. The van der Waals surface area contributed by atoms with Gasteiger partial charge < -0.3 is 14.9 Å². The topological polar surface area (TPSA) is 95.3 Å². The van der Waals surface area contributed by atoms with Gasteiger partial charge in [-0.2, -0.15) is 0 Å². The van der Waals surface area contributed by atoms with Gasteiger partial charge >= 0.3 is 0 Å². The highest BCUT2D eigenvalue weighted by atomic mass is 16.3. The number of hydrogen-bond donors (Lipinski definition) is 1. The lowest BCUT2D eigenvalue weighted by atomic mass is 9.92. The Morgan fingerprint density at radius 2 is 1.83 bits per heavy atom. The maximum Gasteiger partial charge on any atom is 0.291 e. The summed E-state index contributed by atoms with van der Waals surface area (Å²) in [4.78, 5) is 32.2. The number of carbonyl (C=O) groups is 1. The second-order valence-corrected chi connectivity index (χ2v) is 6.03. The van der Waals surface area contributed by atoms with E-state index in [4.69, 9.17) is 0 Å². The van der Waals surface area contributed by atoms with Gasteiger partial charge in [-0.3, -0.25) is 4.79 Å². The normalized spacial score (nSPS) is 20.7. The molecule has 3 rings (SSSR count). The van der Waals surface area contributed by atoms with Crippen molar-refractivity contribution in [3.05, 3.63) is 42.7 Å². The van der Waals surface area contributed by atoms with Gasteiger partial charge in [-0.15, -0.1) is 0 Å². The SMILES string of the molecule is CN(C[C@]1(O)CCCN(c2ncccn2)C1)C(=O)c1ncccn1. The van der Waals surface area contributed by atoms with Crippen molar-refractivity contribution in [3.8, 4) is 0 Å². The summed E-state index contributed by atoms with van der Waals surface area (Å²) in [5.41, 5.74) is -1.02. The van der Waals surface area contributed by atoms with Crippen molar-refractivity contribution in [1.29, 1.82) is 0 Å². The minimum Gasteiger partial charge on any atom is -0.386 e. The summed E-state index contributed by atoms with van der Waals surface area (Å²) in [5.74, 6) is 0.413. The molecule has 0 unspecified atom stereocenters. The zero-order chi connectivity index (χ0) is 17.0. The van der Waals surface area contributed by atoms with Crippen LogP contribution < -0.4 is 4.90 Å². The molecule has 2 aromatic heterocycles. The van der Waals surface area contributed by atoms with Crippen molar-refractivity contribution in [1.82, 2.24) is 24.8 Å². The highest BCUT2D eigenvalue weighted by molar-refractivity contribution is 5.90. The van der Waals surface area contributed by atoms with Gasteiger partial charge in [-0.05, 0) is 25.0 Å². The van der Waals surface area contributed by atoms with Crippen LogP contribution in [0.4, 0.5) is 5.95 Å². The number of anilines is 1. The molecule has 1 amide bonds. The van der Waals surface area contributed by atoms with E-state index in [0.717, 1.165) is 13.0 Å². The van der Waals surface area contributed by atoms with E-state index in [-0.39, 0.29) is 18.3 Å². The number of hydrogen-bond acceptors (Lipinski definition) is 7. The number of likely N-dealkylation sites (N-methyl/N-ethyl adjacent to an activating group) is 1. The average molecular weight is 328 g/mol. The molecular weight excluding hydrogens is 308 g/mol. The number of rotatable bonds is 4. The average Bonchev–Trinajstić information content (AvgIpc) is 2.62. The third-order valence-electron chi connectivity index (χ3n) is 4.03. The van der Waals surface area contributed by atoms with Crippen LogP contribution in [0.15, 0.2) is 36.9 Å². The predicted octanol–water partition coefficient (Wildman–Crippen LogP) is 0.370. The zero-order valence-corrected chi connectivity index (χ0v) is 13.5. The number of nitrogens with zero attached hydrogens (tertiary/aromatic N) is 6. The molecule has 126 valence electrons. The lowest BCUT2D eigenvalue weighted by molar-refractivity contribution is -0.000599. The first-order chi connectivity index (χ1) is 11.6. The van der Waals surface area contributed by atoms with E-state index in [2.05, 4.69) is 19.9 Å². The third-order valence-corrected chi connectivity index (χ3v) is 4.03. The molecule has 1 aliphatic heterocycles. The predicted molar refractivity (Wildman–Crippen MR) is 87.4 cm³/mol. The molecule has 0 radical (unpaired) electrons. The molecule has 0 aromatic carbocycles. The van der Waals surface area contributed by atoms with Gasteiger partial charge in [0, 0.05) is 38.4 Å². The van der Waals surface area contributed by atoms with Gasteiger partial charge in [0.15, 0.2) is 0 Å². The number of aromatic nitrogens is 4. The molecule has 3 heterocycles. The highest BCUT2D eigenvalue weighted by Crippen LogP contribution is 2.24. The van der Waals surface area contributed by atoms with Crippen molar-refractivity contribution in [3.63, 3.8) is 0 Å². The molecular formula is C16H20N6O2. The molecule has 8 nitrogen and oxygen atoms in total. The summed E-state index contributed by atoms with van der Waals surface area (Å²) in [7, 11) is 1.65. The van der Waals surface area contributed by atoms with E-state index in [9.17, 15) is 9.90 Å². The Morgan fingerprint density at radius 3 is 2.50 bits per heavy atom. The maximum atomic E-state index is 12.4. The third kappa shape index (κ3) is 3.65. The molecule has 0 aliphatic carbocycles. The van der Waals surface area contributed by atoms with Crippen LogP contribution >= 0.6 is 0 Å². The Labute approximate surface area is 140 Å². The highest BCUT2D eigenvalue weighted by Gasteiger charge is 2.36. The number of piperidine rings is 1. The summed E-state index contributed by atoms with van der Waals surface area (Å²) in [6.45, 7) is 1.36. The first-order valence-corrected chi connectivity index (χ1v) is 7.84. The van der Waals surface area contributed by atoms with E-state index in [1.54, 1.807) is 31.6 Å². The van der Waals surface area contributed by atoms with Crippen LogP contribution in [0.5, 0.6) is 0 Å². The molecule has 0 bridgehead atoms. The first-order valence-electron chi connectivity index (χ1n) is 7.84. The van der Waals surface area contributed by atoms with Crippen molar-refractivity contribution >= 4 is 11.9 Å². The summed E-state index contributed by atoms with van der Waals surface area (Å²) in [5, 5.41) is 10.9. The van der Waals surface area contributed by atoms with E-state index in [1.165, 1.54) is 17.3 Å². The van der Waals surface area contributed by atoms with Gasteiger partial charge in [0.2, 0.25) is 11.8 Å². The van der Waals surface area contributed by atoms with E-state index < -0.39 is 5.60 Å². The van der Waals surface area contributed by atoms with E-state index >= 15 is 0 Å². The molecule has 1 fully saturated rings. The summed E-state index contributed by atoms with van der Waals surface area (Å²) in [6.07, 6.45) is 7.83. The van der Waals surface area contributed by atoms with Crippen LogP contribution in [0.25, 0.3) is 0 Å². The zero-order valence-electron chi connectivity index (χ0n) is 13.5. The van der Waals surface area contributed by atoms with Crippen molar-refractivity contribution < 1.29 is 9.90 Å².